The summed E-state index contributed by atoms with van der Waals surface area (Å²) in [7, 11) is 0. The number of carbonyl (C=O) groups excluding carboxylic acids is 1. The van der Waals surface area contributed by atoms with Crippen LogP contribution in [-0.2, 0) is 4.79 Å². The van der Waals surface area contributed by atoms with Gasteiger partial charge in [0.05, 0.1) is 0 Å². The second-order valence-electron chi connectivity index (χ2n) is 5.88. The fourth-order valence-electron chi connectivity index (χ4n) is 2.79. The van der Waals surface area contributed by atoms with Crippen LogP contribution in [0.1, 0.15) is 32.6 Å². The number of amides is 1. The van der Waals surface area contributed by atoms with Crippen molar-refractivity contribution in [3.8, 4) is 0 Å². The highest BCUT2D eigenvalue weighted by Crippen LogP contribution is 2.48. The predicted octanol–water partition coefficient (Wildman–Crippen LogP) is 1.46. The number of nitrogens with one attached hydrogen (secondary N) is 2. The van der Waals surface area contributed by atoms with E-state index in [2.05, 4.69) is 10.6 Å². The smallest absolute Gasteiger partial charge is 0.246 e. The third-order valence-corrected chi connectivity index (χ3v) is 4.50. The van der Waals surface area contributed by atoms with Crippen LogP contribution in [0.4, 0.5) is 0 Å². The molecule has 3 fully saturated rings. The summed E-state index contributed by atoms with van der Waals surface area (Å²) in [6.07, 6.45) is 5.56. The molecule has 17 heavy (non-hydrogen) atoms. The Labute approximate surface area is 103 Å². The van der Waals surface area contributed by atoms with Crippen molar-refractivity contribution in [3.05, 3.63) is 11.1 Å². The molecule has 0 radical (unpaired) electrons. The summed E-state index contributed by atoms with van der Waals surface area (Å²) in [5.74, 6) is 2.77. The Hall–Kier alpha value is -0.830. The standard InChI is InChI=1S/C14H22N2O/c1-9(12-6-15-7-12)14(17)16-8-13(10-2-3-10)11-4-5-11/h10-11,13,15H,2-8H2,1H3,(H,16,17). The molecule has 0 atom stereocenters. The van der Waals surface area contributed by atoms with Gasteiger partial charge >= 0.3 is 0 Å². The largest absolute Gasteiger partial charge is 0.352 e. The van der Waals surface area contributed by atoms with Gasteiger partial charge in [-0.05, 0) is 55.9 Å². The van der Waals surface area contributed by atoms with Gasteiger partial charge in [0, 0.05) is 25.2 Å². The summed E-state index contributed by atoms with van der Waals surface area (Å²) in [4.78, 5) is 12.0. The van der Waals surface area contributed by atoms with Crippen molar-refractivity contribution in [2.45, 2.75) is 32.6 Å². The molecule has 0 aromatic heterocycles. The molecule has 1 saturated heterocycles. The van der Waals surface area contributed by atoms with Crippen molar-refractivity contribution in [2.75, 3.05) is 19.6 Å². The SMILES string of the molecule is CC(C(=O)NCC(C1CC1)C1CC1)=C1CNC1. The molecule has 2 aliphatic carbocycles. The normalized spacial score (nSPS) is 23.5. The average molecular weight is 234 g/mol. The first-order chi connectivity index (χ1) is 8.25. The van der Waals surface area contributed by atoms with E-state index in [1.54, 1.807) is 0 Å². The van der Waals surface area contributed by atoms with Crippen molar-refractivity contribution in [1.82, 2.24) is 10.6 Å². The molecule has 0 spiro atoms. The molecular weight excluding hydrogens is 212 g/mol. The molecule has 3 rings (SSSR count). The van der Waals surface area contributed by atoms with E-state index in [-0.39, 0.29) is 5.91 Å². The van der Waals surface area contributed by atoms with Gasteiger partial charge in [0.2, 0.25) is 5.91 Å². The van der Waals surface area contributed by atoms with Crippen LogP contribution in [0.15, 0.2) is 11.1 Å². The lowest BCUT2D eigenvalue weighted by molar-refractivity contribution is -0.117. The molecule has 0 aromatic rings. The van der Waals surface area contributed by atoms with Crippen LogP contribution in [0.25, 0.3) is 0 Å². The molecule has 0 bridgehead atoms. The van der Waals surface area contributed by atoms with Crippen molar-refractivity contribution in [2.24, 2.45) is 17.8 Å². The third-order valence-electron chi connectivity index (χ3n) is 4.50. The molecule has 1 heterocycles. The van der Waals surface area contributed by atoms with Gasteiger partial charge < -0.3 is 10.6 Å². The van der Waals surface area contributed by atoms with Crippen LogP contribution in [-0.4, -0.2) is 25.5 Å². The highest BCUT2D eigenvalue weighted by molar-refractivity contribution is 5.93. The van der Waals surface area contributed by atoms with E-state index in [1.807, 2.05) is 6.92 Å². The maximum absolute atomic E-state index is 12.0. The van der Waals surface area contributed by atoms with Gasteiger partial charge in [-0.15, -0.1) is 0 Å². The fourth-order valence-corrected chi connectivity index (χ4v) is 2.79. The molecule has 2 saturated carbocycles. The minimum atomic E-state index is 0.160. The van der Waals surface area contributed by atoms with Gasteiger partial charge in [0.15, 0.2) is 0 Å². The molecule has 0 aromatic carbocycles. The summed E-state index contributed by atoms with van der Waals surface area (Å²) >= 11 is 0. The Morgan fingerprint density at radius 3 is 2.29 bits per heavy atom. The van der Waals surface area contributed by atoms with Gasteiger partial charge in [-0.1, -0.05) is 0 Å². The zero-order chi connectivity index (χ0) is 11.8. The molecule has 3 nitrogen and oxygen atoms in total. The van der Waals surface area contributed by atoms with Crippen LogP contribution in [0.5, 0.6) is 0 Å². The number of rotatable bonds is 5. The lowest BCUT2D eigenvalue weighted by Crippen LogP contribution is -2.38. The molecule has 1 aliphatic heterocycles. The van der Waals surface area contributed by atoms with Crippen LogP contribution in [0, 0.1) is 17.8 Å². The molecule has 2 N–H and O–H groups in total. The first kappa shape index (κ1) is 11.3. The Morgan fingerprint density at radius 2 is 1.88 bits per heavy atom. The van der Waals surface area contributed by atoms with Gasteiger partial charge in [-0.3, -0.25) is 4.79 Å². The monoisotopic (exact) mass is 234 g/mol. The van der Waals surface area contributed by atoms with E-state index >= 15 is 0 Å². The van der Waals surface area contributed by atoms with E-state index in [0.717, 1.165) is 43.0 Å². The minimum Gasteiger partial charge on any atom is -0.352 e. The van der Waals surface area contributed by atoms with Crippen LogP contribution >= 0.6 is 0 Å². The Bertz CT molecular complexity index is 335. The van der Waals surface area contributed by atoms with Crippen LogP contribution < -0.4 is 10.6 Å². The van der Waals surface area contributed by atoms with Crippen molar-refractivity contribution >= 4 is 5.91 Å². The van der Waals surface area contributed by atoms with E-state index in [1.165, 1.54) is 31.3 Å². The Kier molecular flexibility index (Phi) is 2.95. The average Bonchev–Trinajstić information content (AvgIpc) is 3.09. The number of hydrogen-bond donors (Lipinski definition) is 2. The van der Waals surface area contributed by atoms with Crippen molar-refractivity contribution < 1.29 is 4.79 Å². The highest BCUT2D eigenvalue weighted by atomic mass is 16.1. The van der Waals surface area contributed by atoms with E-state index in [9.17, 15) is 4.79 Å². The van der Waals surface area contributed by atoms with Crippen LogP contribution in [0.2, 0.25) is 0 Å². The lowest BCUT2D eigenvalue weighted by atomic mass is 9.97. The number of carbonyl (C=O) groups is 1. The summed E-state index contributed by atoms with van der Waals surface area (Å²) in [6, 6.07) is 0. The second kappa shape index (κ2) is 4.45. The first-order valence-corrected chi connectivity index (χ1v) is 6.93. The Balaban J connectivity index is 1.50. The molecule has 3 heteroatoms. The third kappa shape index (κ3) is 2.54. The summed E-state index contributed by atoms with van der Waals surface area (Å²) in [6.45, 7) is 4.66. The molecule has 3 aliphatic rings. The molecule has 94 valence electrons. The molecular formula is C14H22N2O. The van der Waals surface area contributed by atoms with Gasteiger partial charge in [0.25, 0.3) is 0 Å². The topological polar surface area (TPSA) is 41.1 Å². The van der Waals surface area contributed by atoms with Gasteiger partial charge in [-0.2, -0.15) is 0 Å². The quantitative estimate of drug-likeness (QED) is 0.707. The summed E-state index contributed by atoms with van der Waals surface area (Å²) in [5, 5.41) is 6.33. The second-order valence-corrected chi connectivity index (χ2v) is 5.88. The van der Waals surface area contributed by atoms with E-state index in [0.29, 0.717) is 0 Å². The van der Waals surface area contributed by atoms with Crippen LogP contribution in [0.3, 0.4) is 0 Å². The number of hydrogen-bond acceptors (Lipinski definition) is 2. The van der Waals surface area contributed by atoms with Crippen molar-refractivity contribution in [3.63, 3.8) is 0 Å². The van der Waals surface area contributed by atoms with E-state index in [4.69, 9.17) is 0 Å². The maximum Gasteiger partial charge on any atom is 0.246 e. The lowest BCUT2D eigenvalue weighted by Gasteiger charge is -2.22. The fraction of sp³-hybridized carbons (Fsp3) is 0.786. The zero-order valence-electron chi connectivity index (χ0n) is 10.6. The Morgan fingerprint density at radius 1 is 1.29 bits per heavy atom. The summed E-state index contributed by atoms with van der Waals surface area (Å²) < 4.78 is 0. The zero-order valence-corrected chi connectivity index (χ0v) is 10.6. The van der Waals surface area contributed by atoms with Gasteiger partial charge in [0.1, 0.15) is 0 Å². The molecule has 0 unspecified atom stereocenters. The first-order valence-electron chi connectivity index (χ1n) is 6.93. The van der Waals surface area contributed by atoms with Gasteiger partial charge in [-0.25, -0.2) is 0 Å². The maximum atomic E-state index is 12.0. The molecule has 1 amide bonds. The summed E-state index contributed by atoms with van der Waals surface area (Å²) in [5.41, 5.74) is 2.21. The van der Waals surface area contributed by atoms with E-state index < -0.39 is 0 Å². The minimum absolute atomic E-state index is 0.160. The van der Waals surface area contributed by atoms with Crippen molar-refractivity contribution in [1.29, 1.82) is 0 Å². The highest BCUT2D eigenvalue weighted by Gasteiger charge is 2.41. The predicted molar refractivity (Wildman–Crippen MR) is 67.5 cm³/mol.